The molecule has 0 aromatic heterocycles. The molecule has 4 saturated carbocycles. The molecule has 0 aliphatic heterocycles. The van der Waals surface area contributed by atoms with Gasteiger partial charge in [0.25, 0.3) is 0 Å². The predicted octanol–water partition coefficient (Wildman–Crippen LogP) is 6.02. The molecule has 0 N–H and O–H groups in total. The second-order valence-corrected chi connectivity index (χ2v) is 12.5. The van der Waals surface area contributed by atoms with Crippen molar-refractivity contribution in [3.63, 3.8) is 0 Å². The number of carbonyl (C=O) groups excluding carboxylic acids is 4. The van der Waals surface area contributed by atoms with E-state index in [1.807, 2.05) is 0 Å². The number of esters is 4. The van der Waals surface area contributed by atoms with Gasteiger partial charge in [-0.25, -0.2) is 9.59 Å². The summed E-state index contributed by atoms with van der Waals surface area (Å²) < 4.78 is 21.8. The van der Waals surface area contributed by atoms with E-state index in [4.69, 9.17) is 18.9 Å². The minimum Gasteiger partial charge on any atom is -0.465 e. The molecule has 0 radical (unpaired) electrons. The van der Waals surface area contributed by atoms with Gasteiger partial charge in [0.2, 0.25) is 0 Å². The van der Waals surface area contributed by atoms with Crippen LogP contribution in [0.1, 0.15) is 104 Å². The summed E-state index contributed by atoms with van der Waals surface area (Å²) in [5.74, 6) is -0.234. The lowest BCUT2D eigenvalue weighted by Crippen LogP contribution is -2.58. The van der Waals surface area contributed by atoms with Gasteiger partial charge in [-0.1, -0.05) is 13.2 Å². The Kier molecular flexibility index (Phi) is 11.8. The van der Waals surface area contributed by atoms with Crippen molar-refractivity contribution in [3.8, 4) is 0 Å². The molecule has 4 fully saturated rings. The van der Waals surface area contributed by atoms with Crippen LogP contribution >= 0.6 is 0 Å². The van der Waals surface area contributed by atoms with Gasteiger partial charge in [0, 0.05) is 11.1 Å². The van der Waals surface area contributed by atoms with Gasteiger partial charge in [0.1, 0.15) is 0 Å². The summed E-state index contributed by atoms with van der Waals surface area (Å²) in [6.07, 6.45) is 11.6. The van der Waals surface area contributed by atoms with E-state index in [1.54, 1.807) is 13.8 Å². The van der Waals surface area contributed by atoms with Gasteiger partial charge < -0.3 is 18.9 Å². The van der Waals surface area contributed by atoms with Crippen LogP contribution in [0.5, 0.6) is 0 Å². The Balaban J connectivity index is 1.35. The van der Waals surface area contributed by atoms with Crippen LogP contribution in [0.4, 0.5) is 0 Å². The lowest BCUT2D eigenvalue weighted by Gasteiger charge is -2.59. The molecule has 40 heavy (non-hydrogen) atoms. The molecule has 224 valence electrons. The van der Waals surface area contributed by atoms with Gasteiger partial charge in [-0.3, -0.25) is 9.59 Å². The van der Waals surface area contributed by atoms with E-state index >= 15 is 0 Å². The van der Waals surface area contributed by atoms with Crippen LogP contribution in [-0.2, 0) is 38.1 Å². The average molecular weight is 561 g/mol. The number of hydrogen-bond donors (Lipinski definition) is 0. The lowest BCUT2D eigenvalue weighted by molar-refractivity contribution is -0.194. The lowest BCUT2D eigenvalue weighted by atomic mass is 9.44. The van der Waals surface area contributed by atoms with Gasteiger partial charge in [-0.15, -0.1) is 0 Å². The van der Waals surface area contributed by atoms with Crippen LogP contribution in [0.3, 0.4) is 0 Å². The van der Waals surface area contributed by atoms with Crippen molar-refractivity contribution in [1.82, 2.24) is 0 Å². The number of unbranched alkanes of at least 4 members (excludes halogenated alkanes) is 6. The van der Waals surface area contributed by atoms with Gasteiger partial charge in [-0.2, -0.15) is 0 Å². The summed E-state index contributed by atoms with van der Waals surface area (Å²) in [6.45, 7) is 11.9. The Morgan fingerprint density at radius 3 is 1.23 bits per heavy atom. The Bertz CT molecular complexity index is 865. The maximum atomic E-state index is 13.3. The first-order chi connectivity index (χ1) is 19.1. The highest BCUT2D eigenvalue weighted by Crippen LogP contribution is 2.66. The monoisotopic (exact) mass is 560 g/mol. The topological polar surface area (TPSA) is 105 Å². The molecule has 0 aromatic rings. The van der Waals surface area contributed by atoms with Gasteiger partial charge >= 0.3 is 23.9 Å². The molecule has 0 unspecified atom stereocenters. The minimum atomic E-state index is -0.554. The van der Waals surface area contributed by atoms with Crippen LogP contribution in [0.2, 0.25) is 0 Å². The zero-order chi connectivity index (χ0) is 29.2. The molecule has 4 aliphatic carbocycles. The first kappa shape index (κ1) is 31.9. The third-order valence-electron chi connectivity index (χ3n) is 8.63. The number of carbonyl (C=O) groups is 4. The molecule has 0 aromatic carbocycles. The van der Waals surface area contributed by atoms with Crippen molar-refractivity contribution < 1.29 is 38.1 Å². The minimum absolute atomic E-state index is 0.137. The molecule has 8 nitrogen and oxygen atoms in total. The van der Waals surface area contributed by atoms with E-state index < -0.39 is 10.8 Å². The first-order valence-electron chi connectivity index (χ1n) is 15.1. The Morgan fingerprint density at radius 1 is 0.575 bits per heavy atom. The summed E-state index contributed by atoms with van der Waals surface area (Å²) in [5, 5.41) is 0. The van der Waals surface area contributed by atoms with E-state index in [1.165, 1.54) is 0 Å². The van der Waals surface area contributed by atoms with Crippen molar-refractivity contribution in [1.29, 1.82) is 0 Å². The molecule has 4 bridgehead atoms. The molecule has 4 rings (SSSR count). The summed E-state index contributed by atoms with van der Waals surface area (Å²) in [6, 6.07) is 0. The molecule has 8 heteroatoms. The van der Waals surface area contributed by atoms with Crippen LogP contribution < -0.4 is 0 Å². The molecule has 0 heterocycles. The Morgan fingerprint density at radius 2 is 0.900 bits per heavy atom. The summed E-state index contributed by atoms with van der Waals surface area (Å²) in [7, 11) is 0. The van der Waals surface area contributed by atoms with Crippen molar-refractivity contribution in [3.05, 3.63) is 24.3 Å². The Hall–Kier alpha value is -2.64. The second-order valence-electron chi connectivity index (χ2n) is 12.5. The zero-order valence-electron chi connectivity index (χ0n) is 24.6. The molecule has 0 spiro atoms. The third-order valence-corrected chi connectivity index (χ3v) is 8.63. The van der Waals surface area contributed by atoms with Crippen LogP contribution in [0.25, 0.3) is 0 Å². The van der Waals surface area contributed by atoms with E-state index in [2.05, 4.69) is 13.2 Å². The third kappa shape index (κ3) is 8.68. The van der Waals surface area contributed by atoms with Crippen LogP contribution in [0.15, 0.2) is 24.3 Å². The first-order valence-corrected chi connectivity index (χ1v) is 15.1. The van der Waals surface area contributed by atoms with E-state index in [0.717, 1.165) is 83.5 Å². The normalized spacial score (nSPS) is 26.1. The van der Waals surface area contributed by atoms with Gasteiger partial charge in [-0.05, 0) is 116 Å². The van der Waals surface area contributed by atoms with E-state index in [-0.39, 0.29) is 23.9 Å². The smallest absolute Gasteiger partial charge is 0.333 e. The number of ether oxygens (including phenoxy) is 4. The van der Waals surface area contributed by atoms with Crippen molar-refractivity contribution in [2.45, 2.75) is 104 Å². The summed E-state index contributed by atoms with van der Waals surface area (Å²) >= 11 is 0. The molecule has 4 aliphatic rings. The zero-order valence-corrected chi connectivity index (χ0v) is 24.6. The number of rotatable bonds is 18. The fourth-order valence-corrected chi connectivity index (χ4v) is 7.07. The molecule has 0 atom stereocenters. The second kappa shape index (κ2) is 14.8. The SMILES string of the molecule is C=C(C)C(=O)OCCCCCCOC(=O)C12CC3CC(C1)CC(C(=O)OCCCCCCOC(=O)C(=C)C)(C3)C2. The molecular weight excluding hydrogens is 512 g/mol. The highest BCUT2D eigenvalue weighted by molar-refractivity contribution is 5.87. The van der Waals surface area contributed by atoms with Gasteiger partial charge in [0.05, 0.1) is 37.3 Å². The average Bonchev–Trinajstić information content (AvgIpc) is 2.90. The fraction of sp³-hybridized carbons (Fsp3) is 0.750. The largest absolute Gasteiger partial charge is 0.465 e. The molecule has 0 saturated heterocycles. The van der Waals surface area contributed by atoms with Gasteiger partial charge in [0.15, 0.2) is 0 Å². The highest BCUT2D eigenvalue weighted by Gasteiger charge is 2.64. The molecular formula is C32H48O8. The van der Waals surface area contributed by atoms with Crippen molar-refractivity contribution >= 4 is 23.9 Å². The number of hydrogen-bond acceptors (Lipinski definition) is 8. The standard InChI is InChI=1S/C32H48O8/c1-23(2)27(33)37-13-9-5-7-11-15-39-29(35)31-18-25-17-26(19-31)21-32(20-25,22-31)30(36)40-16-12-8-6-10-14-38-28(34)24(3)4/h25-26H,1,3,5-22H2,2,4H3. The highest BCUT2D eigenvalue weighted by atomic mass is 16.5. The van der Waals surface area contributed by atoms with Crippen LogP contribution in [0, 0.1) is 22.7 Å². The predicted molar refractivity (Wildman–Crippen MR) is 150 cm³/mol. The maximum Gasteiger partial charge on any atom is 0.333 e. The van der Waals surface area contributed by atoms with E-state index in [0.29, 0.717) is 55.8 Å². The molecule has 0 amide bonds. The Labute approximate surface area is 239 Å². The summed E-state index contributed by atoms with van der Waals surface area (Å²) in [5.41, 5.74) is -0.305. The fourth-order valence-electron chi connectivity index (χ4n) is 7.07. The van der Waals surface area contributed by atoms with Crippen molar-refractivity contribution in [2.75, 3.05) is 26.4 Å². The maximum absolute atomic E-state index is 13.3. The summed E-state index contributed by atoms with van der Waals surface area (Å²) in [4.78, 5) is 49.5. The van der Waals surface area contributed by atoms with E-state index in [9.17, 15) is 19.2 Å². The van der Waals surface area contributed by atoms with Crippen molar-refractivity contribution in [2.24, 2.45) is 22.7 Å². The quantitative estimate of drug-likeness (QED) is 0.0867. The van der Waals surface area contributed by atoms with Crippen LogP contribution in [-0.4, -0.2) is 50.3 Å².